The molecule has 2 nitrogen and oxygen atoms in total. The number of morpholine rings is 1. The van der Waals surface area contributed by atoms with E-state index < -0.39 is 0 Å². The second-order valence-electron chi connectivity index (χ2n) is 4.09. The van der Waals surface area contributed by atoms with Crippen molar-refractivity contribution in [1.82, 2.24) is 5.32 Å². The van der Waals surface area contributed by atoms with E-state index >= 15 is 0 Å². The van der Waals surface area contributed by atoms with Crippen LogP contribution in [0.25, 0.3) is 0 Å². The van der Waals surface area contributed by atoms with Gasteiger partial charge in [-0.25, -0.2) is 0 Å². The molecule has 2 bridgehead atoms. The summed E-state index contributed by atoms with van der Waals surface area (Å²) < 4.78 is 5.86. The third-order valence-corrected chi connectivity index (χ3v) is 3.44. The predicted molar refractivity (Wildman–Crippen MR) is 55.5 cm³/mol. The van der Waals surface area contributed by atoms with E-state index in [-0.39, 0.29) is 5.60 Å². The van der Waals surface area contributed by atoms with Gasteiger partial charge < -0.3 is 10.1 Å². The monoisotopic (exact) mass is 209 g/mol. The molecular formula is C11H12ClNO. The molecule has 3 heteroatoms. The largest absolute Gasteiger partial charge is 0.367 e. The van der Waals surface area contributed by atoms with Crippen molar-refractivity contribution in [3.8, 4) is 0 Å². The maximum absolute atomic E-state index is 5.86. The van der Waals surface area contributed by atoms with Crippen LogP contribution < -0.4 is 5.32 Å². The van der Waals surface area contributed by atoms with Crippen molar-refractivity contribution in [1.29, 1.82) is 0 Å². The van der Waals surface area contributed by atoms with Crippen LogP contribution in [0.4, 0.5) is 0 Å². The molecule has 2 unspecified atom stereocenters. The minimum atomic E-state index is -0.0742. The molecule has 0 spiro atoms. The Balaban J connectivity index is 1.98. The number of ether oxygens (including phenoxy) is 1. The van der Waals surface area contributed by atoms with Gasteiger partial charge in [0.2, 0.25) is 0 Å². The average Bonchev–Trinajstić information content (AvgIpc) is 2.79. The van der Waals surface area contributed by atoms with Gasteiger partial charge in [-0.05, 0) is 24.1 Å². The van der Waals surface area contributed by atoms with Gasteiger partial charge in [-0.15, -0.1) is 0 Å². The molecule has 1 aromatic carbocycles. The van der Waals surface area contributed by atoms with Crippen molar-refractivity contribution in [3.63, 3.8) is 0 Å². The van der Waals surface area contributed by atoms with E-state index in [0.29, 0.717) is 6.04 Å². The van der Waals surface area contributed by atoms with Gasteiger partial charge in [-0.1, -0.05) is 23.7 Å². The molecule has 3 rings (SSSR count). The van der Waals surface area contributed by atoms with Crippen LogP contribution in [0.2, 0.25) is 5.02 Å². The second-order valence-corrected chi connectivity index (χ2v) is 4.53. The lowest BCUT2D eigenvalue weighted by molar-refractivity contribution is -0.00958. The summed E-state index contributed by atoms with van der Waals surface area (Å²) in [5.74, 6) is 0. The normalized spacial score (nSPS) is 35.1. The van der Waals surface area contributed by atoms with E-state index in [1.165, 1.54) is 5.56 Å². The van der Waals surface area contributed by atoms with Crippen molar-refractivity contribution in [2.75, 3.05) is 13.2 Å². The summed E-state index contributed by atoms with van der Waals surface area (Å²) in [5.41, 5.74) is 1.17. The summed E-state index contributed by atoms with van der Waals surface area (Å²) >= 11 is 5.86. The standard InChI is InChI=1S/C11H12ClNO/c12-9-3-1-8(2-4-9)11-5-10(6-14-11)13-7-11/h1-4,10,13H,5-7H2. The predicted octanol–water partition coefficient (Wildman–Crippen LogP) is 1.93. The first-order valence-corrected chi connectivity index (χ1v) is 5.30. The molecule has 74 valence electrons. The first-order valence-electron chi connectivity index (χ1n) is 4.92. The molecule has 0 radical (unpaired) electrons. The minimum Gasteiger partial charge on any atom is -0.367 e. The lowest BCUT2D eigenvalue weighted by atomic mass is 9.93. The Morgan fingerprint density at radius 1 is 1.36 bits per heavy atom. The lowest BCUT2D eigenvalue weighted by Crippen LogP contribution is -2.37. The number of benzene rings is 1. The molecule has 14 heavy (non-hydrogen) atoms. The average molecular weight is 210 g/mol. The number of nitrogens with one attached hydrogen (secondary N) is 1. The highest BCUT2D eigenvalue weighted by Crippen LogP contribution is 2.40. The van der Waals surface area contributed by atoms with Crippen LogP contribution in [0.15, 0.2) is 24.3 Å². The summed E-state index contributed by atoms with van der Waals surface area (Å²) in [6.45, 7) is 1.77. The Morgan fingerprint density at radius 2 is 2.14 bits per heavy atom. The topological polar surface area (TPSA) is 21.3 Å². The summed E-state index contributed by atoms with van der Waals surface area (Å²) in [7, 11) is 0. The molecule has 1 aromatic rings. The van der Waals surface area contributed by atoms with Crippen LogP contribution in [0, 0.1) is 0 Å². The minimum absolute atomic E-state index is 0.0742. The van der Waals surface area contributed by atoms with E-state index in [2.05, 4.69) is 17.4 Å². The van der Waals surface area contributed by atoms with Crippen LogP contribution in [-0.2, 0) is 10.3 Å². The maximum atomic E-state index is 5.86. The smallest absolute Gasteiger partial charge is 0.107 e. The molecule has 0 saturated carbocycles. The number of rotatable bonds is 1. The molecule has 2 heterocycles. The van der Waals surface area contributed by atoms with E-state index in [1.54, 1.807) is 0 Å². The number of hydrogen-bond acceptors (Lipinski definition) is 2. The SMILES string of the molecule is Clc1ccc(C23CNC(CO2)C3)cc1. The van der Waals surface area contributed by atoms with Gasteiger partial charge in [0, 0.05) is 17.6 Å². The van der Waals surface area contributed by atoms with Crippen LogP contribution in [0.5, 0.6) is 0 Å². The second kappa shape index (κ2) is 2.96. The fourth-order valence-corrected chi connectivity index (χ4v) is 2.52. The van der Waals surface area contributed by atoms with Crippen molar-refractivity contribution in [2.45, 2.75) is 18.1 Å². The van der Waals surface area contributed by atoms with Crippen molar-refractivity contribution in [3.05, 3.63) is 34.9 Å². The molecule has 2 saturated heterocycles. The van der Waals surface area contributed by atoms with Crippen LogP contribution >= 0.6 is 11.6 Å². The molecule has 0 aromatic heterocycles. The summed E-state index contributed by atoms with van der Waals surface area (Å²) in [4.78, 5) is 0. The number of halogens is 1. The Labute approximate surface area is 88.2 Å². The fourth-order valence-electron chi connectivity index (χ4n) is 2.40. The Morgan fingerprint density at radius 3 is 2.64 bits per heavy atom. The zero-order chi connectivity index (χ0) is 9.60. The molecule has 2 aliphatic rings. The first kappa shape index (κ1) is 8.72. The van der Waals surface area contributed by atoms with Crippen molar-refractivity contribution < 1.29 is 4.74 Å². The maximum Gasteiger partial charge on any atom is 0.107 e. The van der Waals surface area contributed by atoms with E-state index in [1.807, 2.05) is 12.1 Å². The van der Waals surface area contributed by atoms with Gasteiger partial charge in [0.25, 0.3) is 0 Å². The fraction of sp³-hybridized carbons (Fsp3) is 0.455. The van der Waals surface area contributed by atoms with Gasteiger partial charge in [0.15, 0.2) is 0 Å². The third kappa shape index (κ3) is 1.18. The van der Waals surface area contributed by atoms with Crippen LogP contribution in [0.3, 0.4) is 0 Å². The molecule has 1 N–H and O–H groups in total. The van der Waals surface area contributed by atoms with Gasteiger partial charge in [0.05, 0.1) is 6.61 Å². The highest BCUT2D eigenvalue weighted by Gasteiger charge is 2.47. The summed E-state index contributed by atoms with van der Waals surface area (Å²) in [6, 6.07) is 8.54. The number of fused-ring (bicyclic) bond motifs is 2. The van der Waals surface area contributed by atoms with E-state index in [9.17, 15) is 0 Å². The van der Waals surface area contributed by atoms with Crippen molar-refractivity contribution >= 4 is 11.6 Å². The molecule has 2 atom stereocenters. The highest BCUT2D eigenvalue weighted by atomic mass is 35.5. The van der Waals surface area contributed by atoms with Gasteiger partial charge in [0.1, 0.15) is 5.60 Å². The van der Waals surface area contributed by atoms with Crippen molar-refractivity contribution in [2.24, 2.45) is 0 Å². The molecule has 0 aliphatic carbocycles. The molecular weight excluding hydrogens is 198 g/mol. The Kier molecular flexibility index (Phi) is 1.84. The first-order chi connectivity index (χ1) is 6.78. The zero-order valence-electron chi connectivity index (χ0n) is 7.79. The summed E-state index contributed by atoms with van der Waals surface area (Å²) in [5, 5.41) is 4.23. The third-order valence-electron chi connectivity index (χ3n) is 3.18. The molecule has 2 fully saturated rings. The van der Waals surface area contributed by atoms with Crippen LogP contribution in [0.1, 0.15) is 12.0 Å². The number of hydrogen-bond donors (Lipinski definition) is 1. The Bertz CT molecular complexity index is 341. The zero-order valence-corrected chi connectivity index (χ0v) is 8.55. The Hall–Kier alpha value is -0.570. The van der Waals surface area contributed by atoms with E-state index in [0.717, 1.165) is 24.6 Å². The quantitative estimate of drug-likeness (QED) is 0.763. The molecule has 0 amide bonds. The lowest BCUT2D eigenvalue weighted by Gasteiger charge is -2.27. The summed E-state index contributed by atoms with van der Waals surface area (Å²) in [6.07, 6.45) is 1.09. The molecule has 2 aliphatic heterocycles. The van der Waals surface area contributed by atoms with Gasteiger partial charge in [-0.3, -0.25) is 0 Å². The highest BCUT2D eigenvalue weighted by molar-refractivity contribution is 6.30. The van der Waals surface area contributed by atoms with E-state index in [4.69, 9.17) is 16.3 Å². The van der Waals surface area contributed by atoms with Crippen LogP contribution in [-0.4, -0.2) is 19.2 Å². The van der Waals surface area contributed by atoms with Gasteiger partial charge >= 0.3 is 0 Å². The van der Waals surface area contributed by atoms with Gasteiger partial charge in [-0.2, -0.15) is 0 Å².